The number of benzene rings is 1. The van der Waals surface area contributed by atoms with Crippen LogP contribution in [0.3, 0.4) is 0 Å². The summed E-state index contributed by atoms with van der Waals surface area (Å²) >= 11 is 1.60. The maximum Gasteiger partial charge on any atom is 0.209 e. The van der Waals surface area contributed by atoms with E-state index in [4.69, 9.17) is 0 Å². The van der Waals surface area contributed by atoms with Gasteiger partial charge in [0.05, 0.1) is 16.8 Å². The van der Waals surface area contributed by atoms with Crippen LogP contribution in [0.1, 0.15) is 38.1 Å². The Morgan fingerprint density at radius 1 is 1.18 bits per heavy atom. The van der Waals surface area contributed by atoms with Crippen molar-refractivity contribution in [3.8, 4) is 0 Å². The molecule has 118 valence electrons. The first kappa shape index (κ1) is 15.7. The monoisotopic (exact) mass is 336 g/mol. The molecule has 1 aliphatic carbocycles. The zero-order valence-electron chi connectivity index (χ0n) is 12.4. The third kappa shape index (κ3) is 3.95. The topological polar surface area (TPSA) is 60.7 Å². The average Bonchev–Trinajstić information content (AvgIpc) is 3.05. The smallest absolute Gasteiger partial charge is 0.209 e. The van der Waals surface area contributed by atoms with E-state index in [1.165, 1.54) is 19.3 Å². The molecule has 0 aliphatic heterocycles. The van der Waals surface area contributed by atoms with Crippen LogP contribution in [0.15, 0.2) is 40.4 Å². The van der Waals surface area contributed by atoms with Crippen molar-refractivity contribution in [1.82, 2.24) is 20.2 Å². The molecule has 7 heteroatoms. The van der Waals surface area contributed by atoms with Gasteiger partial charge in [0.2, 0.25) is 5.16 Å². The SMILES string of the molecule is O=[S@@](CCSc1nnnn1C1CCCCC1)c1ccccc1. The molecule has 0 N–H and O–H groups in total. The highest BCUT2D eigenvalue weighted by molar-refractivity contribution is 8.00. The maximum atomic E-state index is 12.2. The highest BCUT2D eigenvalue weighted by Crippen LogP contribution is 2.30. The number of tetrazole rings is 1. The predicted octanol–water partition coefficient (Wildman–Crippen LogP) is 3.08. The highest BCUT2D eigenvalue weighted by atomic mass is 32.2. The van der Waals surface area contributed by atoms with Gasteiger partial charge in [-0.25, -0.2) is 4.68 Å². The van der Waals surface area contributed by atoms with Gasteiger partial charge in [0.1, 0.15) is 0 Å². The van der Waals surface area contributed by atoms with Crippen molar-refractivity contribution >= 4 is 22.6 Å². The van der Waals surface area contributed by atoms with Crippen LogP contribution in [-0.4, -0.2) is 35.9 Å². The van der Waals surface area contributed by atoms with Crippen LogP contribution in [0.5, 0.6) is 0 Å². The first-order valence-corrected chi connectivity index (χ1v) is 9.99. The van der Waals surface area contributed by atoms with E-state index in [9.17, 15) is 4.21 Å². The number of nitrogens with zero attached hydrogens (tertiary/aromatic N) is 4. The molecule has 0 bridgehead atoms. The highest BCUT2D eigenvalue weighted by Gasteiger charge is 2.20. The van der Waals surface area contributed by atoms with Gasteiger partial charge >= 0.3 is 0 Å². The van der Waals surface area contributed by atoms with Crippen molar-refractivity contribution in [2.24, 2.45) is 0 Å². The molecule has 1 aromatic heterocycles. The molecule has 0 radical (unpaired) electrons. The van der Waals surface area contributed by atoms with Crippen molar-refractivity contribution in [3.63, 3.8) is 0 Å². The van der Waals surface area contributed by atoms with Crippen LogP contribution in [-0.2, 0) is 10.8 Å². The summed E-state index contributed by atoms with van der Waals surface area (Å²) < 4.78 is 14.2. The van der Waals surface area contributed by atoms with Gasteiger partial charge in [-0.1, -0.05) is 49.2 Å². The normalized spacial score (nSPS) is 17.5. The van der Waals surface area contributed by atoms with E-state index >= 15 is 0 Å². The summed E-state index contributed by atoms with van der Waals surface area (Å²) in [7, 11) is -0.955. The van der Waals surface area contributed by atoms with Crippen molar-refractivity contribution in [2.75, 3.05) is 11.5 Å². The Hall–Kier alpha value is -1.21. The Bertz CT molecular complexity index is 611. The molecular weight excluding hydrogens is 316 g/mol. The van der Waals surface area contributed by atoms with E-state index in [0.29, 0.717) is 11.8 Å². The van der Waals surface area contributed by atoms with E-state index in [1.54, 1.807) is 11.8 Å². The van der Waals surface area contributed by atoms with E-state index < -0.39 is 10.8 Å². The molecule has 1 saturated carbocycles. The summed E-state index contributed by atoms with van der Waals surface area (Å²) in [6, 6.07) is 10.0. The molecule has 1 atom stereocenters. The number of aromatic nitrogens is 4. The van der Waals surface area contributed by atoms with Crippen molar-refractivity contribution in [2.45, 2.75) is 48.2 Å². The minimum absolute atomic E-state index is 0.436. The molecule has 0 spiro atoms. The van der Waals surface area contributed by atoms with Gasteiger partial charge in [-0.3, -0.25) is 4.21 Å². The molecule has 1 aliphatic rings. The third-order valence-electron chi connectivity index (χ3n) is 3.89. The van der Waals surface area contributed by atoms with Crippen LogP contribution in [0.4, 0.5) is 0 Å². The fourth-order valence-corrected chi connectivity index (χ4v) is 4.96. The lowest BCUT2D eigenvalue weighted by Crippen LogP contribution is -2.15. The molecule has 22 heavy (non-hydrogen) atoms. The second-order valence-electron chi connectivity index (χ2n) is 5.41. The number of rotatable bonds is 6. The van der Waals surface area contributed by atoms with Gasteiger partial charge in [0.15, 0.2) is 0 Å². The summed E-state index contributed by atoms with van der Waals surface area (Å²) in [4.78, 5) is 0.884. The molecule has 2 aromatic rings. The largest absolute Gasteiger partial charge is 0.254 e. The molecule has 0 amide bonds. The Morgan fingerprint density at radius 2 is 1.95 bits per heavy atom. The van der Waals surface area contributed by atoms with Crippen LogP contribution in [0.2, 0.25) is 0 Å². The summed E-state index contributed by atoms with van der Waals surface area (Å²) in [5.41, 5.74) is 0. The Morgan fingerprint density at radius 3 is 2.73 bits per heavy atom. The second kappa shape index (κ2) is 7.87. The zero-order valence-corrected chi connectivity index (χ0v) is 14.1. The molecule has 3 rings (SSSR count). The van der Waals surface area contributed by atoms with Gasteiger partial charge in [-0.15, -0.1) is 5.10 Å². The summed E-state index contributed by atoms with van der Waals surface area (Å²) in [5, 5.41) is 13.0. The average molecular weight is 336 g/mol. The lowest BCUT2D eigenvalue weighted by Gasteiger charge is -2.21. The molecular formula is C15H20N4OS2. The van der Waals surface area contributed by atoms with E-state index in [0.717, 1.165) is 28.6 Å². The molecule has 1 fully saturated rings. The Labute approximate surface area is 137 Å². The third-order valence-corrected chi connectivity index (χ3v) is 6.46. The van der Waals surface area contributed by atoms with Crippen LogP contribution < -0.4 is 0 Å². The standard InChI is InChI=1S/C15H20N4OS2/c20-22(14-9-5-2-6-10-14)12-11-21-15-16-17-18-19(15)13-7-3-1-4-8-13/h2,5-6,9-10,13H,1,3-4,7-8,11-12H2/t22-/m0/s1. The lowest BCUT2D eigenvalue weighted by atomic mass is 9.96. The first-order chi connectivity index (χ1) is 10.8. The molecule has 0 unspecified atom stereocenters. The second-order valence-corrected chi connectivity index (χ2v) is 8.04. The number of hydrogen-bond donors (Lipinski definition) is 0. The molecule has 5 nitrogen and oxygen atoms in total. The number of hydrogen-bond acceptors (Lipinski definition) is 5. The van der Waals surface area contributed by atoms with E-state index in [-0.39, 0.29) is 0 Å². The van der Waals surface area contributed by atoms with Gasteiger partial charge in [0.25, 0.3) is 0 Å². The Balaban J connectivity index is 1.54. The zero-order chi connectivity index (χ0) is 15.2. The summed E-state index contributed by atoms with van der Waals surface area (Å²) in [5.74, 6) is 1.38. The van der Waals surface area contributed by atoms with Crippen LogP contribution in [0, 0.1) is 0 Å². The Kier molecular flexibility index (Phi) is 5.61. The summed E-state index contributed by atoms with van der Waals surface area (Å²) in [6.45, 7) is 0. The van der Waals surface area contributed by atoms with E-state index in [1.807, 2.05) is 35.0 Å². The first-order valence-electron chi connectivity index (χ1n) is 7.68. The molecule has 0 saturated heterocycles. The quantitative estimate of drug-likeness (QED) is 0.759. The number of thioether (sulfide) groups is 1. The minimum atomic E-state index is -0.955. The fraction of sp³-hybridized carbons (Fsp3) is 0.533. The van der Waals surface area contributed by atoms with Gasteiger partial charge in [-0.2, -0.15) is 0 Å². The van der Waals surface area contributed by atoms with Crippen LogP contribution >= 0.6 is 11.8 Å². The van der Waals surface area contributed by atoms with Gasteiger partial charge in [-0.05, 0) is 35.4 Å². The van der Waals surface area contributed by atoms with Crippen molar-refractivity contribution < 1.29 is 4.21 Å². The van der Waals surface area contributed by atoms with Crippen LogP contribution in [0.25, 0.3) is 0 Å². The van der Waals surface area contributed by atoms with Crippen molar-refractivity contribution in [3.05, 3.63) is 30.3 Å². The van der Waals surface area contributed by atoms with E-state index in [2.05, 4.69) is 15.5 Å². The van der Waals surface area contributed by atoms with Gasteiger partial charge in [0, 0.05) is 16.4 Å². The summed E-state index contributed by atoms with van der Waals surface area (Å²) in [6.07, 6.45) is 6.15. The fourth-order valence-electron chi connectivity index (χ4n) is 2.73. The molecule has 1 aromatic carbocycles. The maximum absolute atomic E-state index is 12.2. The van der Waals surface area contributed by atoms with Gasteiger partial charge < -0.3 is 0 Å². The predicted molar refractivity (Wildman–Crippen MR) is 88.4 cm³/mol. The minimum Gasteiger partial charge on any atom is -0.254 e. The lowest BCUT2D eigenvalue weighted by molar-refractivity contribution is 0.307. The van der Waals surface area contributed by atoms with Crippen molar-refractivity contribution in [1.29, 1.82) is 0 Å². The molecule has 1 heterocycles.